The highest BCUT2D eigenvalue weighted by molar-refractivity contribution is 6.30. The third-order valence-electron chi connectivity index (χ3n) is 4.57. The van der Waals surface area contributed by atoms with Crippen LogP contribution < -0.4 is 4.74 Å². The van der Waals surface area contributed by atoms with Crippen molar-refractivity contribution in [3.8, 4) is 5.75 Å². The Hall–Kier alpha value is -2.64. The Bertz CT molecular complexity index is 852. The van der Waals surface area contributed by atoms with Crippen LogP contribution in [0.3, 0.4) is 0 Å². The molecule has 8 heteroatoms. The molecule has 1 amide bonds. The van der Waals surface area contributed by atoms with Crippen LogP contribution >= 0.6 is 11.6 Å². The van der Waals surface area contributed by atoms with Gasteiger partial charge in [-0.15, -0.1) is 0 Å². The number of hydrogen-bond donors (Lipinski definition) is 1. The van der Waals surface area contributed by atoms with Gasteiger partial charge in [0.05, 0.1) is 0 Å². The predicted molar refractivity (Wildman–Crippen MR) is 102 cm³/mol. The van der Waals surface area contributed by atoms with Crippen molar-refractivity contribution in [3.05, 3.63) is 64.4 Å². The van der Waals surface area contributed by atoms with Crippen molar-refractivity contribution in [2.45, 2.75) is 6.54 Å². The summed E-state index contributed by atoms with van der Waals surface area (Å²) in [5.74, 6) is -2.24. The van der Waals surface area contributed by atoms with Gasteiger partial charge in [0.15, 0.2) is 6.61 Å². The number of benzene rings is 2. The van der Waals surface area contributed by atoms with Crippen molar-refractivity contribution in [2.75, 3.05) is 32.8 Å². The van der Waals surface area contributed by atoms with Gasteiger partial charge in [0.2, 0.25) is 0 Å². The van der Waals surface area contributed by atoms with E-state index in [0.717, 1.165) is 37.3 Å². The van der Waals surface area contributed by atoms with Gasteiger partial charge in [-0.05, 0) is 35.9 Å². The number of carbonyl (C=O) groups is 2. The molecule has 0 aliphatic carbocycles. The lowest BCUT2D eigenvalue weighted by Crippen LogP contribution is -2.49. The smallest absolute Gasteiger partial charge is 0.339 e. The van der Waals surface area contributed by atoms with Crippen LogP contribution in [0.1, 0.15) is 15.9 Å². The average Bonchev–Trinajstić information content (AvgIpc) is 2.69. The first-order chi connectivity index (χ1) is 13.4. The van der Waals surface area contributed by atoms with E-state index in [9.17, 15) is 14.0 Å². The molecule has 0 spiro atoms. The van der Waals surface area contributed by atoms with E-state index < -0.39 is 11.8 Å². The summed E-state index contributed by atoms with van der Waals surface area (Å²) in [4.78, 5) is 27.5. The molecule has 2 aromatic carbocycles. The molecule has 0 saturated carbocycles. The predicted octanol–water partition coefficient (Wildman–Crippen LogP) is 2.90. The monoisotopic (exact) mass is 406 g/mol. The molecule has 28 heavy (non-hydrogen) atoms. The van der Waals surface area contributed by atoms with E-state index in [1.54, 1.807) is 4.90 Å². The minimum Gasteiger partial charge on any atom is -0.483 e. The highest BCUT2D eigenvalue weighted by Gasteiger charge is 2.22. The summed E-state index contributed by atoms with van der Waals surface area (Å²) in [5, 5.41) is 9.81. The summed E-state index contributed by atoms with van der Waals surface area (Å²) >= 11 is 5.90. The van der Waals surface area contributed by atoms with Gasteiger partial charge in [0.1, 0.15) is 17.1 Å². The maximum absolute atomic E-state index is 13.2. The molecule has 1 N–H and O–H groups in total. The van der Waals surface area contributed by atoms with Crippen LogP contribution in [0.4, 0.5) is 4.39 Å². The molecule has 0 aromatic heterocycles. The zero-order valence-corrected chi connectivity index (χ0v) is 15.9. The molecule has 1 saturated heterocycles. The number of piperazine rings is 1. The molecule has 1 heterocycles. The molecule has 0 radical (unpaired) electrons. The maximum Gasteiger partial charge on any atom is 0.339 e. The quantitative estimate of drug-likeness (QED) is 0.798. The lowest BCUT2D eigenvalue weighted by Gasteiger charge is -2.34. The summed E-state index contributed by atoms with van der Waals surface area (Å²) in [6.07, 6.45) is 0. The Morgan fingerprint density at radius 3 is 2.39 bits per heavy atom. The third kappa shape index (κ3) is 5.21. The largest absolute Gasteiger partial charge is 0.483 e. The Labute approximate surface area is 167 Å². The van der Waals surface area contributed by atoms with E-state index in [4.69, 9.17) is 21.4 Å². The van der Waals surface area contributed by atoms with Gasteiger partial charge in [0, 0.05) is 37.7 Å². The van der Waals surface area contributed by atoms with Crippen molar-refractivity contribution < 1.29 is 23.8 Å². The second-order valence-electron chi connectivity index (χ2n) is 6.52. The molecular formula is C20H20ClFN2O4. The Balaban J connectivity index is 1.49. The van der Waals surface area contributed by atoms with Crippen LogP contribution in [0.15, 0.2) is 42.5 Å². The van der Waals surface area contributed by atoms with E-state index in [2.05, 4.69) is 4.90 Å². The van der Waals surface area contributed by atoms with Crippen molar-refractivity contribution in [3.63, 3.8) is 0 Å². The minimum atomic E-state index is -1.31. The SMILES string of the molecule is O=C(O)c1cc(F)ccc1OCC(=O)N1CCN(Cc2ccc(Cl)cc2)CC1. The second-order valence-corrected chi connectivity index (χ2v) is 6.95. The first-order valence-corrected chi connectivity index (χ1v) is 9.20. The van der Waals surface area contributed by atoms with Crippen molar-refractivity contribution in [1.82, 2.24) is 9.80 Å². The molecule has 3 rings (SSSR count). The van der Waals surface area contributed by atoms with Gasteiger partial charge in [-0.2, -0.15) is 0 Å². The number of carboxylic acid groups (broad SMARTS) is 1. The molecule has 6 nitrogen and oxygen atoms in total. The first-order valence-electron chi connectivity index (χ1n) is 8.82. The highest BCUT2D eigenvalue weighted by Crippen LogP contribution is 2.20. The van der Waals surface area contributed by atoms with Crippen LogP contribution in [0.5, 0.6) is 5.75 Å². The van der Waals surface area contributed by atoms with Gasteiger partial charge in [-0.1, -0.05) is 23.7 Å². The number of amides is 1. The number of aromatic carboxylic acids is 1. The van der Waals surface area contributed by atoms with Gasteiger partial charge >= 0.3 is 5.97 Å². The summed E-state index contributed by atoms with van der Waals surface area (Å²) < 4.78 is 18.5. The molecular weight excluding hydrogens is 387 g/mol. The molecule has 1 aliphatic rings. The lowest BCUT2D eigenvalue weighted by atomic mass is 10.2. The third-order valence-corrected chi connectivity index (χ3v) is 4.82. The number of halogens is 2. The molecule has 2 aromatic rings. The van der Waals surface area contributed by atoms with Crippen molar-refractivity contribution in [1.29, 1.82) is 0 Å². The van der Waals surface area contributed by atoms with E-state index >= 15 is 0 Å². The number of hydrogen-bond acceptors (Lipinski definition) is 4. The van der Waals surface area contributed by atoms with Crippen LogP contribution in [-0.4, -0.2) is 59.6 Å². The topological polar surface area (TPSA) is 70.1 Å². The lowest BCUT2D eigenvalue weighted by molar-refractivity contribution is -0.135. The fourth-order valence-corrected chi connectivity index (χ4v) is 3.16. The second kappa shape index (κ2) is 9.03. The van der Waals surface area contributed by atoms with Crippen LogP contribution in [-0.2, 0) is 11.3 Å². The van der Waals surface area contributed by atoms with Crippen molar-refractivity contribution in [2.24, 2.45) is 0 Å². The molecule has 1 aliphatic heterocycles. The summed E-state index contributed by atoms with van der Waals surface area (Å²) in [6.45, 7) is 3.07. The van der Waals surface area contributed by atoms with Gasteiger partial charge in [0.25, 0.3) is 5.91 Å². The highest BCUT2D eigenvalue weighted by atomic mass is 35.5. The standard InChI is InChI=1S/C20H20ClFN2O4/c21-15-3-1-14(2-4-15)12-23-7-9-24(10-8-23)19(25)13-28-18-6-5-16(22)11-17(18)20(26)27/h1-6,11H,7-10,12-13H2,(H,26,27). The van der Waals surface area contributed by atoms with Gasteiger partial charge < -0.3 is 14.7 Å². The van der Waals surface area contributed by atoms with E-state index in [-0.39, 0.29) is 23.8 Å². The van der Waals surface area contributed by atoms with Crippen LogP contribution in [0.25, 0.3) is 0 Å². The van der Waals surface area contributed by atoms with Gasteiger partial charge in [-0.25, -0.2) is 9.18 Å². The fraction of sp³-hybridized carbons (Fsp3) is 0.300. The molecule has 148 valence electrons. The van der Waals surface area contributed by atoms with Crippen LogP contribution in [0, 0.1) is 5.82 Å². The Kier molecular flexibility index (Phi) is 6.49. The molecule has 0 atom stereocenters. The summed E-state index contributed by atoms with van der Waals surface area (Å²) in [5.41, 5.74) is 0.852. The normalized spacial score (nSPS) is 14.7. The number of rotatable bonds is 6. The fourth-order valence-electron chi connectivity index (χ4n) is 3.03. The zero-order chi connectivity index (χ0) is 20.1. The summed E-state index contributed by atoms with van der Waals surface area (Å²) in [7, 11) is 0. The van der Waals surface area contributed by atoms with Crippen molar-refractivity contribution >= 4 is 23.5 Å². The van der Waals surface area contributed by atoms with Crippen LogP contribution in [0.2, 0.25) is 5.02 Å². The first kappa shape index (κ1) is 20.1. The van der Waals surface area contributed by atoms with E-state index in [1.807, 2.05) is 24.3 Å². The van der Waals surface area contributed by atoms with E-state index in [0.29, 0.717) is 18.1 Å². The van der Waals surface area contributed by atoms with E-state index in [1.165, 1.54) is 6.07 Å². The summed E-state index contributed by atoms with van der Waals surface area (Å²) in [6, 6.07) is 10.9. The molecule has 0 bridgehead atoms. The minimum absolute atomic E-state index is 0.0244. The number of ether oxygens (including phenoxy) is 1. The number of carbonyl (C=O) groups excluding carboxylic acids is 1. The Morgan fingerprint density at radius 1 is 1.07 bits per heavy atom. The maximum atomic E-state index is 13.2. The number of carboxylic acids is 1. The zero-order valence-electron chi connectivity index (χ0n) is 15.1. The Morgan fingerprint density at radius 2 is 1.75 bits per heavy atom. The van der Waals surface area contributed by atoms with Gasteiger partial charge in [-0.3, -0.25) is 9.69 Å². The molecule has 1 fully saturated rings. The average molecular weight is 407 g/mol. The number of nitrogens with zero attached hydrogens (tertiary/aromatic N) is 2. The molecule has 0 unspecified atom stereocenters.